The van der Waals surface area contributed by atoms with Crippen molar-refractivity contribution < 1.29 is 4.79 Å². The highest BCUT2D eigenvalue weighted by atomic mass is 32.1. The van der Waals surface area contributed by atoms with Gasteiger partial charge in [0.05, 0.1) is 10.2 Å². The number of amides is 1. The van der Waals surface area contributed by atoms with E-state index in [-0.39, 0.29) is 11.3 Å². The second kappa shape index (κ2) is 4.69. The number of hydrogen-bond acceptors (Lipinski definition) is 3. The standard InChI is InChI=1S/C14H18N2OS/c1-5-14(3,4)12(17)16-13-15-11-9(2)7-6-8-10(11)18-13/h6-8H,5H2,1-4H3,(H,15,16,17). The number of anilines is 1. The number of aromatic nitrogens is 1. The van der Waals surface area contributed by atoms with Gasteiger partial charge in [-0.25, -0.2) is 4.98 Å². The smallest absolute Gasteiger partial charge is 0.231 e. The molecule has 1 aromatic carbocycles. The van der Waals surface area contributed by atoms with Gasteiger partial charge in [0.2, 0.25) is 5.91 Å². The van der Waals surface area contributed by atoms with Crippen molar-refractivity contribution in [3.63, 3.8) is 0 Å². The van der Waals surface area contributed by atoms with Crippen LogP contribution in [0, 0.1) is 12.3 Å². The molecule has 1 amide bonds. The molecule has 3 nitrogen and oxygen atoms in total. The fourth-order valence-corrected chi connectivity index (χ4v) is 2.51. The van der Waals surface area contributed by atoms with Crippen molar-refractivity contribution in [3.8, 4) is 0 Å². The van der Waals surface area contributed by atoms with Gasteiger partial charge in [-0.05, 0) is 25.0 Å². The Morgan fingerprint density at radius 1 is 1.44 bits per heavy atom. The summed E-state index contributed by atoms with van der Waals surface area (Å²) in [5.41, 5.74) is 1.76. The molecule has 4 heteroatoms. The molecule has 1 N–H and O–H groups in total. The molecule has 0 saturated heterocycles. The van der Waals surface area contributed by atoms with Crippen molar-refractivity contribution >= 4 is 32.6 Å². The molecule has 0 radical (unpaired) electrons. The summed E-state index contributed by atoms with van der Waals surface area (Å²) >= 11 is 1.52. The topological polar surface area (TPSA) is 42.0 Å². The molecule has 18 heavy (non-hydrogen) atoms. The lowest BCUT2D eigenvalue weighted by Crippen LogP contribution is -2.29. The van der Waals surface area contributed by atoms with E-state index >= 15 is 0 Å². The number of carbonyl (C=O) groups is 1. The first-order valence-corrected chi connectivity index (χ1v) is 6.93. The summed E-state index contributed by atoms with van der Waals surface area (Å²) in [6, 6.07) is 6.07. The highest BCUT2D eigenvalue weighted by Crippen LogP contribution is 2.29. The van der Waals surface area contributed by atoms with Crippen molar-refractivity contribution in [1.29, 1.82) is 0 Å². The Hall–Kier alpha value is -1.42. The first-order chi connectivity index (χ1) is 8.44. The summed E-state index contributed by atoms with van der Waals surface area (Å²) in [7, 11) is 0. The summed E-state index contributed by atoms with van der Waals surface area (Å²) in [5, 5.41) is 3.60. The van der Waals surface area contributed by atoms with Crippen LogP contribution in [0.3, 0.4) is 0 Å². The number of rotatable bonds is 3. The van der Waals surface area contributed by atoms with Crippen LogP contribution in [-0.2, 0) is 4.79 Å². The molecule has 96 valence electrons. The molecule has 0 spiro atoms. The van der Waals surface area contributed by atoms with Gasteiger partial charge >= 0.3 is 0 Å². The average molecular weight is 262 g/mol. The number of fused-ring (bicyclic) bond motifs is 1. The third-order valence-corrected chi connectivity index (χ3v) is 4.28. The maximum atomic E-state index is 12.1. The Morgan fingerprint density at radius 2 is 2.17 bits per heavy atom. The number of aryl methyl sites for hydroxylation is 1. The van der Waals surface area contributed by atoms with Crippen LogP contribution in [0.15, 0.2) is 18.2 Å². The lowest BCUT2D eigenvalue weighted by molar-refractivity contribution is -0.124. The van der Waals surface area contributed by atoms with E-state index in [4.69, 9.17) is 0 Å². The van der Waals surface area contributed by atoms with Gasteiger partial charge in [-0.1, -0.05) is 44.2 Å². The van der Waals surface area contributed by atoms with E-state index in [0.29, 0.717) is 5.13 Å². The lowest BCUT2D eigenvalue weighted by atomic mass is 9.89. The summed E-state index contributed by atoms with van der Waals surface area (Å²) in [6.45, 7) is 7.94. The van der Waals surface area contributed by atoms with Crippen LogP contribution < -0.4 is 5.32 Å². The molecule has 0 saturated carbocycles. The average Bonchev–Trinajstić information content (AvgIpc) is 2.73. The number of nitrogens with zero attached hydrogens (tertiary/aromatic N) is 1. The molecular weight excluding hydrogens is 244 g/mol. The predicted molar refractivity (Wildman–Crippen MR) is 77.1 cm³/mol. The molecule has 1 aromatic heterocycles. The molecule has 0 aliphatic carbocycles. The predicted octanol–water partition coefficient (Wildman–Crippen LogP) is 3.98. The quantitative estimate of drug-likeness (QED) is 0.909. The maximum Gasteiger partial charge on any atom is 0.231 e. The van der Waals surface area contributed by atoms with Crippen LogP contribution in [0.1, 0.15) is 32.8 Å². The molecule has 0 aliphatic rings. The van der Waals surface area contributed by atoms with Gasteiger partial charge in [0.15, 0.2) is 5.13 Å². The van der Waals surface area contributed by atoms with E-state index in [1.165, 1.54) is 11.3 Å². The Morgan fingerprint density at radius 3 is 2.78 bits per heavy atom. The van der Waals surface area contributed by atoms with Crippen LogP contribution in [0.25, 0.3) is 10.2 Å². The summed E-state index contributed by atoms with van der Waals surface area (Å²) in [4.78, 5) is 16.6. The highest BCUT2D eigenvalue weighted by molar-refractivity contribution is 7.22. The fourth-order valence-electron chi connectivity index (χ4n) is 1.57. The van der Waals surface area contributed by atoms with Crippen LogP contribution in [0.4, 0.5) is 5.13 Å². The van der Waals surface area contributed by atoms with Gasteiger partial charge in [0.1, 0.15) is 0 Å². The number of hydrogen-bond donors (Lipinski definition) is 1. The molecule has 2 aromatic rings. The van der Waals surface area contributed by atoms with Crippen molar-refractivity contribution in [2.45, 2.75) is 34.1 Å². The summed E-state index contributed by atoms with van der Waals surface area (Å²) < 4.78 is 1.11. The Labute approximate surface area is 111 Å². The normalized spacial score (nSPS) is 11.8. The minimum absolute atomic E-state index is 0.0294. The van der Waals surface area contributed by atoms with Gasteiger partial charge in [-0.3, -0.25) is 4.79 Å². The van der Waals surface area contributed by atoms with E-state index in [9.17, 15) is 4.79 Å². The van der Waals surface area contributed by atoms with E-state index in [1.807, 2.05) is 45.9 Å². The number of benzene rings is 1. The second-order valence-electron chi connectivity index (χ2n) is 5.13. The van der Waals surface area contributed by atoms with Crippen molar-refractivity contribution in [3.05, 3.63) is 23.8 Å². The molecule has 0 atom stereocenters. The first-order valence-electron chi connectivity index (χ1n) is 6.11. The fraction of sp³-hybridized carbons (Fsp3) is 0.429. The maximum absolute atomic E-state index is 12.1. The van der Waals surface area contributed by atoms with Crippen molar-refractivity contribution in [2.75, 3.05) is 5.32 Å². The zero-order valence-corrected chi connectivity index (χ0v) is 12.0. The van der Waals surface area contributed by atoms with Crippen LogP contribution >= 0.6 is 11.3 Å². The molecular formula is C14H18N2OS. The molecule has 0 bridgehead atoms. The Kier molecular flexibility index (Phi) is 3.39. The third-order valence-electron chi connectivity index (χ3n) is 3.34. The Balaban J connectivity index is 2.28. The van der Waals surface area contributed by atoms with E-state index in [0.717, 1.165) is 22.2 Å². The number of nitrogens with one attached hydrogen (secondary N) is 1. The van der Waals surface area contributed by atoms with E-state index in [1.54, 1.807) is 0 Å². The van der Waals surface area contributed by atoms with E-state index < -0.39 is 0 Å². The zero-order valence-electron chi connectivity index (χ0n) is 11.2. The largest absolute Gasteiger partial charge is 0.301 e. The molecule has 0 unspecified atom stereocenters. The van der Waals surface area contributed by atoms with Gasteiger partial charge in [0.25, 0.3) is 0 Å². The number of para-hydroxylation sites is 1. The molecule has 1 heterocycles. The van der Waals surface area contributed by atoms with Gasteiger partial charge < -0.3 is 5.32 Å². The Bertz CT molecular complexity index is 586. The highest BCUT2D eigenvalue weighted by Gasteiger charge is 2.26. The zero-order chi connectivity index (χ0) is 13.3. The van der Waals surface area contributed by atoms with Crippen LogP contribution in [0.2, 0.25) is 0 Å². The van der Waals surface area contributed by atoms with Crippen LogP contribution in [-0.4, -0.2) is 10.9 Å². The monoisotopic (exact) mass is 262 g/mol. The SMILES string of the molecule is CCC(C)(C)C(=O)Nc1nc2c(C)cccc2s1. The van der Waals surface area contributed by atoms with Crippen molar-refractivity contribution in [1.82, 2.24) is 4.98 Å². The third kappa shape index (κ3) is 2.38. The number of thiazole rings is 1. The van der Waals surface area contributed by atoms with Crippen LogP contribution in [0.5, 0.6) is 0 Å². The molecule has 2 rings (SSSR count). The summed E-state index contributed by atoms with van der Waals surface area (Å²) in [6.07, 6.45) is 0.808. The second-order valence-corrected chi connectivity index (χ2v) is 6.16. The minimum Gasteiger partial charge on any atom is -0.301 e. The first kappa shape index (κ1) is 13.0. The molecule has 0 fully saturated rings. The van der Waals surface area contributed by atoms with Crippen molar-refractivity contribution in [2.24, 2.45) is 5.41 Å². The van der Waals surface area contributed by atoms with Gasteiger partial charge in [-0.2, -0.15) is 0 Å². The number of carbonyl (C=O) groups excluding carboxylic acids is 1. The minimum atomic E-state index is -0.354. The molecule has 0 aliphatic heterocycles. The van der Waals surface area contributed by atoms with Gasteiger partial charge in [0, 0.05) is 5.41 Å². The lowest BCUT2D eigenvalue weighted by Gasteiger charge is -2.20. The van der Waals surface area contributed by atoms with Gasteiger partial charge in [-0.15, -0.1) is 0 Å². The van der Waals surface area contributed by atoms with E-state index in [2.05, 4.69) is 10.3 Å². The summed E-state index contributed by atoms with van der Waals surface area (Å²) in [5.74, 6) is 0.0294.